The van der Waals surface area contributed by atoms with E-state index >= 15 is 0 Å². The number of carbonyl (C=O) groups excluding carboxylic acids is 6. The topological polar surface area (TPSA) is 315 Å². The molecule has 0 aromatic heterocycles. The Labute approximate surface area is 283 Å². The summed E-state index contributed by atoms with van der Waals surface area (Å²) in [5, 5.41) is 30.6. The van der Waals surface area contributed by atoms with Gasteiger partial charge < -0.3 is 54.0 Å². The Bertz CT molecular complexity index is 1340. The summed E-state index contributed by atoms with van der Waals surface area (Å²) in [5.74, 6) is -7.70. The Morgan fingerprint density at radius 1 is 0.776 bits per heavy atom. The van der Waals surface area contributed by atoms with Crippen molar-refractivity contribution < 1.29 is 48.6 Å². The summed E-state index contributed by atoms with van der Waals surface area (Å²) in [6, 6.07) is 2.03. The van der Waals surface area contributed by atoms with Gasteiger partial charge in [-0.3, -0.25) is 33.6 Å². The number of benzene rings is 1. The number of carboxylic acids is 2. The Balaban J connectivity index is 3.04. The number of hydrogen-bond donors (Lipinski definition) is 10. The maximum Gasteiger partial charge on any atom is 0.326 e. The zero-order valence-corrected chi connectivity index (χ0v) is 27.8. The number of unbranched alkanes of at least 4 members (excludes halogenated alkanes) is 1. The molecular weight excluding hydrogens is 644 g/mol. The molecule has 13 N–H and O–H groups in total. The van der Waals surface area contributed by atoms with E-state index in [1.807, 2.05) is 0 Å². The Kier molecular flexibility index (Phi) is 17.4. The van der Waals surface area contributed by atoms with Crippen LogP contribution in [0.15, 0.2) is 30.3 Å². The largest absolute Gasteiger partial charge is 0.481 e. The molecule has 18 nitrogen and oxygen atoms in total. The lowest BCUT2D eigenvalue weighted by molar-refractivity contribution is -0.142. The molecule has 1 rings (SSSR count). The summed E-state index contributed by atoms with van der Waals surface area (Å²) >= 11 is 0. The first-order chi connectivity index (χ1) is 22.9. The van der Waals surface area contributed by atoms with Crippen LogP contribution in [0, 0.1) is 0 Å². The van der Waals surface area contributed by atoms with Gasteiger partial charge in [0.2, 0.25) is 35.4 Å². The third-order valence-electron chi connectivity index (χ3n) is 7.27. The molecule has 0 aliphatic rings. The van der Waals surface area contributed by atoms with Gasteiger partial charge in [0.1, 0.15) is 29.7 Å². The normalized spacial score (nSPS) is 14.1. The fourth-order valence-corrected chi connectivity index (χ4v) is 4.39. The minimum Gasteiger partial charge on any atom is -0.481 e. The number of nitrogens with one attached hydrogen (secondary N) is 5. The molecule has 0 heterocycles. The highest BCUT2D eigenvalue weighted by Crippen LogP contribution is 2.09. The summed E-state index contributed by atoms with van der Waals surface area (Å²) in [6.07, 6.45) is -0.216. The van der Waals surface area contributed by atoms with Crippen LogP contribution in [-0.2, 0) is 44.8 Å². The molecule has 0 unspecified atom stereocenters. The van der Waals surface area contributed by atoms with Crippen LogP contribution in [0.4, 0.5) is 0 Å². The smallest absolute Gasteiger partial charge is 0.326 e. The molecule has 1 aromatic rings. The summed E-state index contributed by atoms with van der Waals surface area (Å²) in [6.45, 7) is 4.29. The highest BCUT2D eigenvalue weighted by atomic mass is 16.4. The van der Waals surface area contributed by atoms with Crippen LogP contribution in [-0.4, -0.2) is 99.9 Å². The van der Waals surface area contributed by atoms with Gasteiger partial charge in [-0.05, 0) is 58.6 Å². The van der Waals surface area contributed by atoms with E-state index in [2.05, 4.69) is 26.6 Å². The molecule has 1 aromatic carbocycles. The minimum absolute atomic E-state index is 0.00427. The van der Waals surface area contributed by atoms with Gasteiger partial charge in [-0.15, -0.1) is 0 Å². The fraction of sp³-hybridized carbons (Fsp3) is 0.548. The van der Waals surface area contributed by atoms with E-state index in [1.54, 1.807) is 30.3 Å². The Morgan fingerprint density at radius 3 is 1.92 bits per heavy atom. The second kappa shape index (κ2) is 20.3. The maximum absolute atomic E-state index is 13.2. The lowest BCUT2D eigenvalue weighted by Crippen LogP contribution is -2.62. The molecule has 0 fully saturated rings. The van der Waals surface area contributed by atoms with Crippen molar-refractivity contribution in [1.29, 1.82) is 0 Å². The van der Waals surface area contributed by atoms with E-state index in [0.29, 0.717) is 24.9 Å². The molecule has 0 saturated heterocycles. The summed E-state index contributed by atoms with van der Waals surface area (Å²) in [4.78, 5) is 99.2. The van der Waals surface area contributed by atoms with E-state index in [-0.39, 0.29) is 25.7 Å². The number of rotatable bonds is 22. The first-order valence-corrected chi connectivity index (χ1v) is 15.6. The van der Waals surface area contributed by atoms with Crippen LogP contribution < -0.4 is 43.8 Å². The van der Waals surface area contributed by atoms with Gasteiger partial charge in [-0.25, -0.2) is 4.79 Å². The first-order valence-electron chi connectivity index (χ1n) is 15.6. The number of hydrogen-bond acceptors (Lipinski definition) is 10. The second-order valence-electron chi connectivity index (χ2n) is 12.0. The predicted molar refractivity (Wildman–Crippen MR) is 175 cm³/mol. The number of carboxylic acid groups (broad SMARTS) is 2. The van der Waals surface area contributed by atoms with E-state index < -0.39 is 89.6 Å². The minimum atomic E-state index is -1.70. The number of amides is 6. The monoisotopic (exact) mass is 692 g/mol. The summed E-state index contributed by atoms with van der Waals surface area (Å²) < 4.78 is 0. The molecule has 0 bridgehead atoms. The van der Waals surface area contributed by atoms with Gasteiger partial charge in [-0.2, -0.15) is 0 Å². The van der Waals surface area contributed by atoms with E-state index in [4.69, 9.17) is 22.3 Å². The van der Waals surface area contributed by atoms with Crippen LogP contribution in [0.3, 0.4) is 0 Å². The number of aliphatic carboxylic acids is 2. The van der Waals surface area contributed by atoms with Gasteiger partial charge >= 0.3 is 11.9 Å². The second-order valence-corrected chi connectivity index (χ2v) is 12.0. The Morgan fingerprint density at radius 2 is 1.37 bits per heavy atom. The molecule has 0 saturated carbocycles. The molecule has 272 valence electrons. The molecule has 6 amide bonds. The molecule has 0 radical (unpaired) electrons. The number of carbonyl (C=O) groups is 8. The summed E-state index contributed by atoms with van der Waals surface area (Å²) in [7, 11) is 0. The van der Waals surface area contributed by atoms with Gasteiger partial charge in [0.05, 0.1) is 12.5 Å². The molecule has 0 aliphatic carbocycles. The average molecular weight is 693 g/mol. The third kappa shape index (κ3) is 15.6. The quantitative estimate of drug-likeness (QED) is 0.0558. The SMILES string of the molecule is C[C@H](NC(=O)C(C)(C)NC(=O)[C@H](CCC(N)=O)NC(=O)[C@@H](N)CC(=O)O)C(=O)N[C@@H](Cc1ccccc1)C(=O)N[C@@H](CCCCN)C(=O)O. The van der Waals surface area contributed by atoms with Crippen LogP contribution in [0.1, 0.15) is 64.9 Å². The van der Waals surface area contributed by atoms with E-state index in [9.17, 15) is 43.5 Å². The van der Waals surface area contributed by atoms with Crippen molar-refractivity contribution >= 4 is 47.4 Å². The zero-order chi connectivity index (χ0) is 37.3. The van der Waals surface area contributed by atoms with Crippen molar-refractivity contribution in [2.45, 2.75) is 101 Å². The Hall–Kier alpha value is -5.10. The lowest BCUT2D eigenvalue weighted by Gasteiger charge is -2.30. The van der Waals surface area contributed by atoms with E-state index in [0.717, 1.165) is 0 Å². The molecular formula is C31H48N8O10. The van der Waals surface area contributed by atoms with Crippen molar-refractivity contribution in [3.05, 3.63) is 35.9 Å². The van der Waals surface area contributed by atoms with Crippen molar-refractivity contribution in [2.24, 2.45) is 17.2 Å². The molecule has 0 aliphatic heterocycles. The molecule has 18 heteroatoms. The van der Waals surface area contributed by atoms with Gasteiger partial charge in [0.15, 0.2) is 0 Å². The standard InChI is InChI=1S/C31H48N8O10/c1-17(25(43)38-22(15-18-9-5-4-6-10-18)27(45)37-21(29(47)48)11-7-8-14-32)35-30(49)31(2,3)39-28(46)20(12-13-23(34)40)36-26(44)19(33)16-24(41)42/h4-6,9-10,17,19-22H,7-8,11-16,32-33H2,1-3H3,(H2,34,40)(H,35,49)(H,36,44)(H,37,45)(H,38,43)(H,39,46)(H,41,42)(H,47,48)/t17-,19-,20-,21-,22-/m0/s1. The van der Waals surface area contributed by atoms with Crippen molar-refractivity contribution in [2.75, 3.05) is 6.54 Å². The summed E-state index contributed by atoms with van der Waals surface area (Å²) in [5.41, 5.74) is 15.2. The van der Waals surface area contributed by atoms with Crippen LogP contribution >= 0.6 is 0 Å². The van der Waals surface area contributed by atoms with Gasteiger partial charge in [0, 0.05) is 12.8 Å². The van der Waals surface area contributed by atoms with Gasteiger partial charge in [0.25, 0.3) is 0 Å². The molecule has 5 atom stereocenters. The van der Waals surface area contributed by atoms with Gasteiger partial charge in [-0.1, -0.05) is 30.3 Å². The van der Waals surface area contributed by atoms with Crippen LogP contribution in [0.5, 0.6) is 0 Å². The highest BCUT2D eigenvalue weighted by molar-refractivity contribution is 5.98. The van der Waals surface area contributed by atoms with Crippen LogP contribution in [0.25, 0.3) is 0 Å². The average Bonchev–Trinajstić information content (AvgIpc) is 3.01. The molecule has 49 heavy (non-hydrogen) atoms. The fourth-order valence-electron chi connectivity index (χ4n) is 4.39. The van der Waals surface area contributed by atoms with Crippen molar-refractivity contribution in [3.8, 4) is 0 Å². The van der Waals surface area contributed by atoms with Crippen molar-refractivity contribution in [3.63, 3.8) is 0 Å². The number of primary amides is 1. The highest BCUT2D eigenvalue weighted by Gasteiger charge is 2.36. The zero-order valence-electron chi connectivity index (χ0n) is 27.8. The number of nitrogens with two attached hydrogens (primary N) is 3. The predicted octanol–water partition coefficient (Wildman–Crippen LogP) is -2.64. The first kappa shape index (κ1) is 41.9. The van der Waals surface area contributed by atoms with Crippen molar-refractivity contribution in [1.82, 2.24) is 26.6 Å². The van der Waals surface area contributed by atoms with Crippen LogP contribution in [0.2, 0.25) is 0 Å². The third-order valence-corrected chi connectivity index (χ3v) is 7.27. The molecule has 0 spiro atoms. The lowest BCUT2D eigenvalue weighted by atomic mass is 10.0. The van der Waals surface area contributed by atoms with E-state index in [1.165, 1.54) is 20.8 Å². The maximum atomic E-state index is 13.2.